The minimum absolute atomic E-state index is 0.187. The lowest BCUT2D eigenvalue weighted by Gasteiger charge is -2.42. The van der Waals surface area contributed by atoms with Gasteiger partial charge in [-0.1, -0.05) is 13.8 Å². The largest absolute Gasteiger partial charge is 0.299 e. The summed E-state index contributed by atoms with van der Waals surface area (Å²) < 4.78 is 1.86. The zero-order chi connectivity index (χ0) is 9.64. The Morgan fingerprint density at radius 1 is 1.62 bits per heavy atom. The molecule has 1 fully saturated rings. The van der Waals surface area contributed by atoms with E-state index in [2.05, 4.69) is 5.10 Å². The van der Waals surface area contributed by atoms with E-state index in [4.69, 9.17) is 0 Å². The number of aryl methyl sites for hydroxylation is 1. The van der Waals surface area contributed by atoms with Crippen molar-refractivity contribution in [1.82, 2.24) is 9.78 Å². The molecule has 3 heteroatoms. The average molecular weight is 178 g/mol. The monoisotopic (exact) mass is 178 g/mol. The van der Waals surface area contributed by atoms with Crippen molar-refractivity contribution in [2.75, 3.05) is 0 Å². The van der Waals surface area contributed by atoms with Crippen molar-refractivity contribution in [3.8, 4) is 0 Å². The minimum atomic E-state index is -0.187. The molecule has 1 unspecified atom stereocenters. The third-order valence-corrected chi connectivity index (χ3v) is 3.20. The van der Waals surface area contributed by atoms with Crippen molar-refractivity contribution in [1.29, 1.82) is 0 Å². The molecule has 0 saturated heterocycles. The predicted molar refractivity (Wildman–Crippen MR) is 49.4 cm³/mol. The summed E-state index contributed by atoms with van der Waals surface area (Å²) in [4.78, 5) is 11.3. The van der Waals surface area contributed by atoms with Crippen LogP contribution in [0.25, 0.3) is 0 Å². The van der Waals surface area contributed by atoms with E-state index in [0.29, 0.717) is 18.1 Å². The highest BCUT2D eigenvalue weighted by Crippen LogP contribution is 2.48. The van der Waals surface area contributed by atoms with Crippen LogP contribution in [-0.4, -0.2) is 15.6 Å². The molecular weight excluding hydrogens is 164 g/mol. The van der Waals surface area contributed by atoms with Gasteiger partial charge in [-0.15, -0.1) is 0 Å². The molecule has 13 heavy (non-hydrogen) atoms. The van der Waals surface area contributed by atoms with E-state index in [9.17, 15) is 4.79 Å². The molecule has 0 aliphatic heterocycles. The van der Waals surface area contributed by atoms with Gasteiger partial charge in [-0.3, -0.25) is 9.48 Å². The molecule has 0 radical (unpaired) electrons. The van der Waals surface area contributed by atoms with Gasteiger partial charge in [-0.2, -0.15) is 5.10 Å². The molecule has 0 N–H and O–H groups in total. The van der Waals surface area contributed by atoms with Crippen LogP contribution in [0.1, 0.15) is 31.9 Å². The first-order chi connectivity index (χ1) is 6.03. The van der Waals surface area contributed by atoms with E-state index in [0.717, 1.165) is 0 Å². The van der Waals surface area contributed by atoms with E-state index >= 15 is 0 Å². The maximum Gasteiger partial charge on any atom is 0.139 e. The summed E-state index contributed by atoms with van der Waals surface area (Å²) in [6.07, 6.45) is 2.46. The Kier molecular flexibility index (Phi) is 1.59. The summed E-state index contributed by atoms with van der Waals surface area (Å²) in [6, 6.07) is 2.00. The minimum Gasteiger partial charge on any atom is -0.299 e. The van der Waals surface area contributed by atoms with Crippen LogP contribution in [0.5, 0.6) is 0 Å². The van der Waals surface area contributed by atoms with Crippen LogP contribution in [0, 0.1) is 5.41 Å². The molecule has 70 valence electrons. The number of Topliss-reactive ketones (excluding diaryl/α,β-unsaturated/α-hetero) is 1. The third-order valence-electron chi connectivity index (χ3n) is 3.20. The number of carbonyl (C=O) groups excluding carboxylic acids is 1. The smallest absolute Gasteiger partial charge is 0.139 e. The SMILES string of the molecule is Cn1nccc1C1CC(=O)C1(C)C. The summed E-state index contributed by atoms with van der Waals surface area (Å²) in [5.41, 5.74) is 0.984. The lowest BCUT2D eigenvalue weighted by molar-refractivity contribution is -0.138. The molecular formula is C10H14N2O. The van der Waals surface area contributed by atoms with Crippen molar-refractivity contribution < 1.29 is 4.79 Å². The average Bonchev–Trinajstić information content (AvgIpc) is 2.47. The second-order valence-electron chi connectivity index (χ2n) is 4.28. The topological polar surface area (TPSA) is 34.9 Å². The Labute approximate surface area is 77.7 Å². The first-order valence-electron chi connectivity index (χ1n) is 4.54. The van der Waals surface area contributed by atoms with Crippen molar-refractivity contribution in [2.24, 2.45) is 12.5 Å². The first-order valence-corrected chi connectivity index (χ1v) is 4.54. The molecule has 1 saturated carbocycles. The molecule has 0 spiro atoms. The zero-order valence-electron chi connectivity index (χ0n) is 8.24. The fourth-order valence-corrected chi connectivity index (χ4v) is 1.97. The molecule has 1 atom stereocenters. The van der Waals surface area contributed by atoms with E-state index in [1.54, 1.807) is 6.20 Å². The second kappa shape index (κ2) is 2.44. The van der Waals surface area contributed by atoms with Crippen molar-refractivity contribution >= 4 is 5.78 Å². The lowest BCUT2D eigenvalue weighted by atomic mass is 9.60. The van der Waals surface area contributed by atoms with Crippen LogP contribution in [0.4, 0.5) is 0 Å². The number of rotatable bonds is 1. The molecule has 0 bridgehead atoms. The highest BCUT2D eigenvalue weighted by Gasteiger charge is 2.48. The first kappa shape index (κ1) is 8.48. The number of aromatic nitrogens is 2. The molecule has 1 aliphatic carbocycles. The molecule has 0 amide bonds. The van der Waals surface area contributed by atoms with Gasteiger partial charge in [0.15, 0.2) is 0 Å². The van der Waals surface area contributed by atoms with Crippen LogP contribution in [0.2, 0.25) is 0 Å². The second-order valence-corrected chi connectivity index (χ2v) is 4.28. The van der Waals surface area contributed by atoms with Gasteiger partial charge < -0.3 is 0 Å². The highest BCUT2D eigenvalue weighted by atomic mass is 16.1. The number of hydrogen-bond acceptors (Lipinski definition) is 2. The molecule has 2 rings (SSSR count). The van der Waals surface area contributed by atoms with Gasteiger partial charge in [0.25, 0.3) is 0 Å². The molecule has 3 nitrogen and oxygen atoms in total. The zero-order valence-corrected chi connectivity index (χ0v) is 8.24. The van der Waals surface area contributed by atoms with Crippen LogP contribution in [0.15, 0.2) is 12.3 Å². The number of carbonyl (C=O) groups is 1. The van der Waals surface area contributed by atoms with E-state index in [1.165, 1.54) is 5.69 Å². The van der Waals surface area contributed by atoms with Crippen molar-refractivity contribution in [2.45, 2.75) is 26.2 Å². The quantitative estimate of drug-likeness (QED) is 0.653. The van der Waals surface area contributed by atoms with Crippen LogP contribution < -0.4 is 0 Å². The van der Waals surface area contributed by atoms with Gasteiger partial charge in [0.1, 0.15) is 5.78 Å². The predicted octanol–water partition coefficient (Wildman–Crippen LogP) is 1.50. The summed E-state index contributed by atoms with van der Waals surface area (Å²) in [7, 11) is 1.92. The number of nitrogens with zero attached hydrogens (tertiary/aromatic N) is 2. The fraction of sp³-hybridized carbons (Fsp3) is 0.600. The van der Waals surface area contributed by atoms with E-state index in [1.807, 2.05) is 31.6 Å². The van der Waals surface area contributed by atoms with Gasteiger partial charge in [0, 0.05) is 36.7 Å². The van der Waals surface area contributed by atoms with Gasteiger partial charge >= 0.3 is 0 Å². The summed E-state index contributed by atoms with van der Waals surface area (Å²) >= 11 is 0. The van der Waals surface area contributed by atoms with Gasteiger partial charge in [-0.05, 0) is 6.07 Å². The number of ketones is 1. The molecule has 1 heterocycles. The molecule has 1 aliphatic rings. The normalized spacial score (nSPS) is 25.8. The molecule has 0 aromatic carbocycles. The maximum absolute atomic E-state index is 11.3. The molecule has 1 aromatic heterocycles. The summed E-state index contributed by atoms with van der Waals surface area (Å²) in [5, 5.41) is 4.12. The van der Waals surface area contributed by atoms with Gasteiger partial charge in [0.05, 0.1) is 0 Å². The Bertz CT molecular complexity index is 352. The van der Waals surface area contributed by atoms with E-state index in [-0.39, 0.29) is 5.41 Å². The van der Waals surface area contributed by atoms with Crippen LogP contribution in [0.3, 0.4) is 0 Å². The lowest BCUT2D eigenvalue weighted by Crippen LogP contribution is -2.44. The highest BCUT2D eigenvalue weighted by molar-refractivity contribution is 5.92. The Morgan fingerprint density at radius 2 is 2.31 bits per heavy atom. The molecule has 1 aromatic rings. The van der Waals surface area contributed by atoms with Gasteiger partial charge in [-0.25, -0.2) is 0 Å². The Balaban J connectivity index is 2.31. The summed E-state index contributed by atoms with van der Waals surface area (Å²) in [5.74, 6) is 0.714. The Hall–Kier alpha value is -1.12. The Morgan fingerprint density at radius 3 is 2.69 bits per heavy atom. The fourth-order valence-electron chi connectivity index (χ4n) is 1.97. The number of hydrogen-bond donors (Lipinski definition) is 0. The van der Waals surface area contributed by atoms with Crippen LogP contribution >= 0.6 is 0 Å². The van der Waals surface area contributed by atoms with Crippen molar-refractivity contribution in [3.05, 3.63) is 18.0 Å². The van der Waals surface area contributed by atoms with Crippen molar-refractivity contribution in [3.63, 3.8) is 0 Å². The standard InChI is InChI=1S/C10H14N2O/c1-10(2)7(6-9(10)13)8-4-5-11-12(8)3/h4-5,7H,6H2,1-3H3. The summed E-state index contributed by atoms with van der Waals surface area (Å²) in [6.45, 7) is 4.02. The maximum atomic E-state index is 11.3. The van der Waals surface area contributed by atoms with E-state index < -0.39 is 0 Å². The van der Waals surface area contributed by atoms with Crippen LogP contribution in [-0.2, 0) is 11.8 Å². The third kappa shape index (κ3) is 1.03. The van der Waals surface area contributed by atoms with Gasteiger partial charge in [0.2, 0.25) is 0 Å².